The summed E-state index contributed by atoms with van der Waals surface area (Å²) in [5.74, 6) is 1.33. The molecule has 0 amide bonds. The Labute approximate surface area is 100 Å². The molecule has 0 spiro atoms. The summed E-state index contributed by atoms with van der Waals surface area (Å²) >= 11 is 0. The van der Waals surface area contributed by atoms with Crippen molar-refractivity contribution in [2.24, 2.45) is 17.6 Å². The molecule has 1 saturated carbocycles. The Kier molecular flexibility index (Phi) is 5.22. The van der Waals surface area contributed by atoms with Crippen LogP contribution in [0.15, 0.2) is 0 Å². The van der Waals surface area contributed by atoms with Crippen molar-refractivity contribution in [3.05, 3.63) is 0 Å². The van der Waals surface area contributed by atoms with Gasteiger partial charge in [0.2, 0.25) is 0 Å². The van der Waals surface area contributed by atoms with Crippen LogP contribution in [0.3, 0.4) is 0 Å². The fraction of sp³-hybridized carbons (Fsp3) is 1.00. The molecule has 0 bridgehead atoms. The van der Waals surface area contributed by atoms with E-state index >= 15 is 0 Å². The highest BCUT2D eigenvalue weighted by Gasteiger charge is 2.36. The number of aliphatic hydroxyl groups is 1. The van der Waals surface area contributed by atoms with Crippen LogP contribution in [0.2, 0.25) is 0 Å². The van der Waals surface area contributed by atoms with E-state index in [1.54, 1.807) is 0 Å². The second kappa shape index (κ2) is 5.99. The number of rotatable bonds is 7. The maximum Gasteiger partial charge on any atom is 0.0602 e. The summed E-state index contributed by atoms with van der Waals surface area (Å²) in [4.78, 5) is 2.27. The lowest BCUT2D eigenvalue weighted by Crippen LogP contribution is -2.52. The molecule has 0 aromatic rings. The predicted octanol–water partition coefficient (Wildman–Crippen LogP) is 1.45. The lowest BCUT2D eigenvalue weighted by molar-refractivity contribution is 0.0833. The average Bonchev–Trinajstić information content (AvgIpc) is 3.00. The van der Waals surface area contributed by atoms with E-state index in [1.807, 2.05) is 0 Å². The molecule has 3 atom stereocenters. The van der Waals surface area contributed by atoms with Crippen LogP contribution in [-0.4, -0.2) is 41.8 Å². The van der Waals surface area contributed by atoms with E-state index in [0.717, 1.165) is 6.42 Å². The molecule has 0 heterocycles. The van der Waals surface area contributed by atoms with Gasteiger partial charge >= 0.3 is 0 Å². The van der Waals surface area contributed by atoms with Gasteiger partial charge in [-0.2, -0.15) is 0 Å². The first-order valence-corrected chi connectivity index (χ1v) is 6.55. The number of hydrogen-bond acceptors (Lipinski definition) is 3. The van der Waals surface area contributed by atoms with Crippen LogP contribution in [0.1, 0.15) is 40.0 Å². The first-order chi connectivity index (χ1) is 7.47. The van der Waals surface area contributed by atoms with Crippen molar-refractivity contribution >= 4 is 0 Å². The fourth-order valence-corrected chi connectivity index (χ4v) is 2.49. The van der Waals surface area contributed by atoms with Gasteiger partial charge in [-0.3, -0.25) is 4.90 Å². The lowest BCUT2D eigenvalue weighted by Gasteiger charge is -2.36. The van der Waals surface area contributed by atoms with Crippen molar-refractivity contribution in [2.75, 3.05) is 13.7 Å². The van der Waals surface area contributed by atoms with E-state index in [2.05, 4.69) is 32.7 Å². The number of nitrogens with two attached hydrogens (primary N) is 1. The van der Waals surface area contributed by atoms with Gasteiger partial charge in [0.25, 0.3) is 0 Å². The van der Waals surface area contributed by atoms with Gasteiger partial charge in [-0.1, -0.05) is 13.8 Å². The van der Waals surface area contributed by atoms with E-state index in [9.17, 15) is 5.11 Å². The molecule has 0 aromatic carbocycles. The van der Waals surface area contributed by atoms with Crippen molar-refractivity contribution < 1.29 is 5.11 Å². The molecule has 0 aromatic heterocycles. The first kappa shape index (κ1) is 13.9. The molecule has 0 saturated heterocycles. The van der Waals surface area contributed by atoms with Gasteiger partial charge in [-0.25, -0.2) is 0 Å². The maximum atomic E-state index is 9.50. The molecule has 1 aliphatic carbocycles. The molecule has 3 heteroatoms. The molecule has 3 nitrogen and oxygen atoms in total. The predicted molar refractivity (Wildman–Crippen MR) is 68.3 cm³/mol. The number of nitrogens with zero attached hydrogens (tertiary/aromatic N) is 1. The molecular formula is C13H28N2O. The Hall–Kier alpha value is -0.120. The first-order valence-electron chi connectivity index (χ1n) is 6.55. The minimum atomic E-state index is 0.126. The average molecular weight is 228 g/mol. The minimum absolute atomic E-state index is 0.126. The van der Waals surface area contributed by atoms with Gasteiger partial charge in [0.1, 0.15) is 0 Å². The van der Waals surface area contributed by atoms with Gasteiger partial charge in [0.05, 0.1) is 6.61 Å². The van der Waals surface area contributed by atoms with Crippen LogP contribution in [0.5, 0.6) is 0 Å². The van der Waals surface area contributed by atoms with Gasteiger partial charge in [0.15, 0.2) is 0 Å². The van der Waals surface area contributed by atoms with Gasteiger partial charge < -0.3 is 10.8 Å². The molecule has 0 radical (unpaired) electrons. The van der Waals surface area contributed by atoms with Crippen LogP contribution in [0, 0.1) is 11.8 Å². The van der Waals surface area contributed by atoms with Crippen molar-refractivity contribution in [1.82, 2.24) is 4.90 Å². The molecule has 3 unspecified atom stereocenters. The Morgan fingerprint density at radius 3 is 2.25 bits per heavy atom. The molecule has 0 aliphatic heterocycles. The summed E-state index contributed by atoms with van der Waals surface area (Å²) in [6, 6.07) is 0.757. The SMILES string of the molecule is CC(C)CC(C)N(C)C(CO)C(N)C1CC1. The summed E-state index contributed by atoms with van der Waals surface area (Å²) in [5.41, 5.74) is 6.20. The molecule has 3 N–H and O–H groups in total. The second-order valence-electron chi connectivity index (χ2n) is 5.81. The third kappa shape index (κ3) is 3.72. The summed E-state index contributed by atoms with van der Waals surface area (Å²) in [6.45, 7) is 6.87. The molecule has 1 aliphatic rings. The Bertz CT molecular complexity index is 204. The zero-order chi connectivity index (χ0) is 12.3. The highest BCUT2D eigenvalue weighted by Crippen LogP contribution is 2.34. The Morgan fingerprint density at radius 1 is 1.31 bits per heavy atom. The highest BCUT2D eigenvalue weighted by atomic mass is 16.3. The van der Waals surface area contributed by atoms with Crippen LogP contribution in [0.4, 0.5) is 0 Å². The van der Waals surface area contributed by atoms with E-state index in [-0.39, 0.29) is 18.7 Å². The van der Waals surface area contributed by atoms with E-state index in [1.165, 1.54) is 12.8 Å². The van der Waals surface area contributed by atoms with Gasteiger partial charge in [0, 0.05) is 18.1 Å². The van der Waals surface area contributed by atoms with Crippen molar-refractivity contribution in [1.29, 1.82) is 0 Å². The number of hydrogen-bond donors (Lipinski definition) is 2. The standard InChI is InChI=1S/C13H28N2O/c1-9(2)7-10(3)15(4)12(8-16)13(14)11-5-6-11/h9-13,16H,5-8,14H2,1-4H3. The fourth-order valence-electron chi connectivity index (χ4n) is 2.49. The Balaban J connectivity index is 2.49. The van der Waals surface area contributed by atoms with Crippen LogP contribution < -0.4 is 5.73 Å². The van der Waals surface area contributed by atoms with Crippen molar-refractivity contribution in [2.45, 2.75) is 58.2 Å². The lowest BCUT2D eigenvalue weighted by atomic mass is 9.98. The van der Waals surface area contributed by atoms with Crippen molar-refractivity contribution in [3.63, 3.8) is 0 Å². The van der Waals surface area contributed by atoms with E-state index < -0.39 is 0 Å². The summed E-state index contributed by atoms with van der Waals surface area (Å²) in [7, 11) is 2.09. The molecule has 96 valence electrons. The third-order valence-corrected chi connectivity index (χ3v) is 3.83. The summed E-state index contributed by atoms with van der Waals surface area (Å²) in [6.07, 6.45) is 3.64. The molecule has 16 heavy (non-hydrogen) atoms. The Morgan fingerprint density at radius 2 is 1.88 bits per heavy atom. The topological polar surface area (TPSA) is 49.5 Å². The normalized spacial score (nSPS) is 22.5. The number of aliphatic hydroxyl groups excluding tert-OH is 1. The van der Waals surface area contributed by atoms with Crippen LogP contribution >= 0.6 is 0 Å². The quantitative estimate of drug-likeness (QED) is 0.693. The third-order valence-electron chi connectivity index (χ3n) is 3.83. The summed E-state index contributed by atoms with van der Waals surface area (Å²) < 4.78 is 0. The van der Waals surface area contributed by atoms with E-state index in [4.69, 9.17) is 5.73 Å². The minimum Gasteiger partial charge on any atom is -0.395 e. The zero-order valence-electron chi connectivity index (χ0n) is 11.2. The molecule has 1 rings (SSSR count). The van der Waals surface area contributed by atoms with Crippen LogP contribution in [-0.2, 0) is 0 Å². The molecule has 1 fully saturated rings. The summed E-state index contributed by atoms with van der Waals surface area (Å²) in [5, 5.41) is 9.50. The van der Waals surface area contributed by atoms with Crippen molar-refractivity contribution in [3.8, 4) is 0 Å². The molecular weight excluding hydrogens is 200 g/mol. The monoisotopic (exact) mass is 228 g/mol. The van der Waals surface area contributed by atoms with Gasteiger partial charge in [-0.05, 0) is 45.1 Å². The number of likely N-dealkylation sites (N-methyl/N-ethyl adjacent to an activating group) is 1. The second-order valence-corrected chi connectivity index (χ2v) is 5.81. The smallest absolute Gasteiger partial charge is 0.0602 e. The highest BCUT2D eigenvalue weighted by molar-refractivity contribution is 4.93. The largest absolute Gasteiger partial charge is 0.395 e. The maximum absolute atomic E-state index is 9.50. The van der Waals surface area contributed by atoms with E-state index in [0.29, 0.717) is 17.9 Å². The zero-order valence-corrected chi connectivity index (χ0v) is 11.2. The van der Waals surface area contributed by atoms with Crippen LogP contribution in [0.25, 0.3) is 0 Å². The van der Waals surface area contributed by atoms with Gasteiger partial charge in [-0.15, -0.1) is 0 Å².